The van der Waals surface area contributed by atoms with Crippen LogP contribution in [0.15, 0.2) is 104 Å². The smallest absolute Gasteiger partial charge is 0.216 e. The first-order valence-corrected chi connectivity index (χ1v) is 10.6. The molecule has 4 heterocycles. The van der Waals surface area contributed by atoms with E-state index in [4.69, 9.17) is 13.3 Å². The number of fused-ring (bicyclic) bond motifs is 10. The summed E-state index contributed by atoms with van der Waals surface area (Å²) in [5, 5.41) is 6.53. The zero-order chi connectivity index (χ0) is 20.8. The predicted molar refractivity (Wildman–Crippen MR) is 128 cm³/mol. The molecule has 0 fully saturated rings. The Kier molecular flexibility index (Phi) is 2.86. The number of hydrogen-bond donors (Lipinski definition) is 0. The van der Waals surface area contributed by atoms with Crippen molar-refractivity contribution in [1.29, 1.82) is 0 Å². The predicted octanol–water partition coefficient (Wildman–Crippen LogP) is 8.18. The molecular weight excluding hydrogens is 398 g/mol. The lowest BCUT2D eigenvalue weighted by Gasteiger charge is -2.04. The molecule has 4 aromatic carbocycles. The van der Waals surface area contributed by atoms with Crippen molar-refractivity contribution < 1.29 is 13.3 Å². The molecule has 0 atom stereocenters. The lowest BCUT2D eigenvalue weighted by molar-refractivity contribution is 0.614. The van der Waals surface area contributed by atoms with E-state index >= 15 is 0 Å². The molecule has 32 heavy (non-hydrogen) atoms. The van der Waals surface area contributed by atoms with Gasteiger partial charge in [-0.05, 0) is 30.3 Å². The first-order chi connectivity index (χ1) is 15.9. The molecule has 0 bridgehead atoms. The molecular formula is C28H15NO3. The summed E-state index contributed by atoms with van der Waals surface area (Å²) >= 11 is 0. The molecule has 150 valence electrons. The van der Waals surface area contributed by atoms with Crippen LogP contribution in [-0.4, -0.2) is 4.57 Å². The molecule has 0 radical (unpaired) electrons. The maximum Gasteiger partial charge on any atom is 0.216 e. The number of aromatic nitrogens is 1. The van der Waals surface area contributed by atoms with Crippen molar-refractivity contribution in [2.45, 2.75) is 0 Å². The molecule has 8 rings (SSSR count). The van der Waals surface area contributed by atoms with Gasteiger partial charge in [0, 0.05) is 27.6 Å². The highest BCUT2D eigenvalue weighted by atomic mass is 16.4. The normalized spacial score (nSPS) is 12.4. The second-order valence-corrected chi connectivity index (χ2v) is 8.17. The Balaban J connectivity index is 1.56. The SMILES string of the molecule is c1ccc2c(c1)oc1cc(-n3c4oc5ccccc5c4c4c5ccccc5oc43)ccc12. The van der Waals surface area contributed by atoms with Gasteiger partial charge in [-0.25, -0.2) is 4.57 Å². The van der Waals surface area contributed by atoms with Crippen molar-refractivity contribution in [3.8, 4) is 5.69 Å². The van der Waals surface area contributed by atoms with Gasteiger partial charge in [-0.1, -0.05) is 54.6 Å². The number of furan rings is 3. The minimum Gasteiger partial charge on any atom is -0.456 e. The molecule has 0 aliphatic rings. The number of para-hydroxylation sites is 3. The quantitative estimate of drug-likeness (QED) is 0.272. The monoisotopic (exact) mass is 413 g/mol. The van der Waals surface area contributed by atoms with E-state index in [2.05, 4.69) is 41.0 Å². The second-order valence-electron chi connectivity index (χ2n) is 8.17. The topological polar surface area (TPSA) is 44.4 Å². The van der Waals surface area contributed by atoms with Gasteiger partial charge in [0.05, 0.1) is 16.5 Å². The summed E-state index contributed by atoms with van der Waals surface area (Å²) in [5.41, 5.74) is 5.95. The van der Waals surface area contributed by atoms with Crippen LogP contribution in [0.3, 0.4) is 0 Å². The Bertz CT molecular complexity index is 1910. The van der Waals surface area contributed by atoms with Gasteiger partial charge in [0.1, 0.15) is 22.3 Å². The number of benzene rings is 4. The average molecular weight is 413 g/mol. The molecule has 4 aromatic heterocycles. The Morgan fingerprint density at radius 1 is 0.438 bits per heavy atom. The molecule has 0 saturated carbocycles. The molecule has 0 aliphatic carbocycles. The Hall–Kier alpha value is -4.44. The molecule has 0 unspecified atom stereocenters. The third-order valence-corrected chi connectivity index (χ3v) is 6.43. The van der Waals surface area contributed by atoms with E-state index in [1.807, 2.05) is 54.6 Å². The molecule has 0 spiro atoms. The fraction of sp³-hybridized carbons (Fsp3) is 0. The Labute approximate surface area is 180 Å². The van der Waals surface area contributed by atoms with E-state index in [1.54, 1.807) is 0 Å². The molecule has 0 N–H and O–H groups in total. The largest absolute Gasteiger partial charge is 0.456 e. The third-order valence-electron chi connectivity index (χ3n) is 6.43. The van der Waals surface area contributed by atoms with Crippen LogP contribution in [0.5, 0.6) is 0 Å². The van der Waals surface area contributed by atoms with Crippen LogP contribution in [0.25, 0.3) is 71.8 Å². The van der Waals surface area contributed by atoms with Crippen LogP contribution in [0.2, 0.25) is 0 Å². The Morgan fingerprint density at radius 2 is 0.938 bits per heavy atom. The summed E-state index contributed by atoms with van der Waals surface area (Å²) in [7, 11) is 0. The van der Waals surface area contributed by atoms with E-state index in [0.717, 1.165) is 71.8 Å². The van der Waals surface area contributed by atoms with Gasteiger partial charge >= 0.3 is 0 Å². The van der Waals surface area contributed by atoms with Crippen molar-refractivity contribution in [1.82, 2.24) is 4.57 Å². The van der Waals surface area contributed by atoms with Crippen molar-refractivity contribution in [2.24, 2.45) is 0 Å². The van der Waals surface area contributed by atoms with Gasteiger partial charge in [-0.2, -0.15) is 0 Å². The third kappa shape index (κ3) is 1.92. The summed E-state index contributed by atoms with van der Waals surface area (Å²) in [6.07, 6.45) is 0. The summed E-state index contributed by atoms with van der Waals surface area (Å²) in [6.45, 7) is 0. The van der Waals surface area contributed by atoms with Crippen LogP contribution in [0, 0.1) is 0 Å². The van der Waals surface area contributed by atoms with Crippen LogP contribution in [0.4, 0.5) is 0 Å². The summed E-state index contributed by atoms with van der Waals surface area (Å²) in [5.74, 6) is 0. The number of rotatable bonds is 1. The van der Waals surface area contributed by atoms with Gasteiger partial charge in [0.25, 0.3) is 0 Å². The van der Waals surface area contributed by atoms with E-state index in [1.165, 1.54) is 0 Å². The first-order valence-electron chi connectivity index (χ1n) is 10.6. The second kappa shape index (κ2) is 5.62. The van der Waals surface area contributed by atoms with Crippen molar-refractivity contribution >= 4 is 66.1 Å². The number of nitrogens with zero attached hydrogens (tertiary/aromatic N) is 1. The zero-order valence-corrected chi connectivity index (χ0v) is 16.8. The molecule has 0 saturated heterocycles. The van der Waals surface area contributed by atoms with Gasteiger partial charge < -0.3 is 13.3 Å². The molecule has 4 nitrogen and oxygen atoms in total. The van der Waals surface area contributed by atoms with Gasteiger partial charge in [0.15, 0.2) is 0 Å². The fourth-order valence-corrected chi connectivity index (χ4v) is 5.04. The van der Waals surface area contributed by atoms with E-state index in [0.29, 0.717) is 0 Å². The number of hydrogen-bond acceptors (Lipinski definition) is 3. The molecule has 4 heteroatoms. The van der Waals surface area contributed by atoms with E-state index in [-0.39, 0.29) is 0 Å². The van der Waals surface area contributed by atoms with Gasteiger partial charge in [-0.3, -0.25) is 0 Å². The maximum atomic E-state index is 6.37. The highest BCUT2D eigenvalue weighted by Gasteiger charge is 2.24. The molecule has 8 aromatic rings. The first kappa shape index (κ1) is 16.3. The minimum absolute atomic E-state index is 0.779. The zero-order valence-electron chi connectivity index (χ0n) is 16.8. The van der Waals surface area contributed by atoms with E-state index < -0.39 is 0 Å². The van der Waals surface area contributed by atoms with Crippen molar-refractivity contribution in [3.63, 3.8) is 0 Å². The molecule has 0 aliphatic heterocycles. The van der Waals surface area contributed by atoms with Crippen LogP contribution >= 0.6 is 0 Å². The fourth-order valence-electron chi connectivity index (χ4n) is 5.04. The minimum atomic E-state index is 0.779. The van der Waals surface area contributed by atoms with Crippen molar-refractivity contribution in [2.75, 3.05) is 0 Å². The standard InChI is InChI=1S/C28H15NO3/c1-4-10-21-17(7-1)18-14-13-16(15-24(18)30-21)29-27-25(19-8-2-5-11-22(19)31-27)26-20-9-3-6-12-23(20)32-28(26)29/h1-15H. The summed E-state index contributed by atoms with van der Waals surface area (Å²) in [6, 6.07) is 30.7. The lowest BCUT2D eigenvalue weighted by atomic mass is 10.1. The van der Waals surface area contributed by atoms with Crippen molar-refractivity contribution in [3.05, 3.63) is 91.0 Å². The van der Waals surface area contributed by atoms with Crippen LogP contribution in [0.1, 0.15) is 0 Å². The van der Waals surface area contributed by atoms with Gasteiger partial charge in [-0.15, -0.1) is 0 Å². The molecule has 0 amide bonds. The summed E-state index contributed by atoms with van der Waals surface area (Å²) in [4.78, 5) is 0. The average Bonchev–Trinajstić information content (AvgIpc) is 3.55. The highest BCUT2D eigenvalue weighted by molar-refractivity contribution is 6.26. The van der Waals surface area contributed by atoms with Crippen LogP contribution < -0.4 is 0 Å². The lowest BCUT2D eigenvalue weighted by Crippen LogP contribution is -1.91. The van der Waals surface area contributed by atoms with E-state index in [9.17, 15) is 0 Å². The highest BCUT2D eigenvalue weighted by Crippen LogP contribution is 2.44. The van der Waals surface area contributed by atoms with Crippen LogP contribution in [-0.2, 0) is 0 Å². The van der Waals surface area contributed by atoms with Gasteiger partial charge in [0.2, 0.25) is 11.4 Å². The Morgan fingerprint density at radius 3 is 1.56 bits per heavy atom. The summed E-state index contributed by atoms with van der Waals surface area (Å²) < 4.78 is 21.0. The maximum absolute atomic E-state index is 6.37.